The first-order valence-corrected chi connectivity index (χ1v) is 10.5. The molecule has 1 aliphatic rings. The van der Waals surface area contributed by atoms with Gasteiger partial charge in [0, 0.05) is 18.1 Å². The van der Waals surface area contributed by atoms with Crippen LogP contribution >= 0.6 is 10.7 Å². The molecular formula is C22H25N2S+. The zero-order chi connectivity index (χ0) is 16.9. The van der Waals surface area contributed by atoms with Crippen molar-refractivity contribution in [3.63, 3.8) is 0 Å². The minimum atomic E-state index is 0.0150. The van der Waals surface area contributed by atoms with Crippen molar-refractivity contribution in [1.29, 1.82) is 0 Å². The number of nitrogens with zero attached hydrogens (tertiary/aromatic N) is 2. The SMILES string of the molecule is C(=Cc1ccccc1)Cc1c(C2CCCCC2)cc[s+]1-n1ccnc1. The molecule has 3 aromatic rings. The van der Waals surface area contributed by atoms with E-state index in [1.54, 1.807) is 10.4 Å². The molecular weight excluding hydrogens is 324 g/mol. The molecule has 1 aromatic carbocycles. The fourth-order valence-corrected chi connectivity index (χ4v) is 5.76. The minimum absolute atomic E-state index is 0.0150. The molecule has 1 fully saturated rings. The summed E-state index contributed by atoms with van der Waals surface area (Å²) in [5, 5.41) is 2.39. The summed E-state index contributed by atoms with van der Waals surface area (Å²) in [6, 6.07) is 13.0. The van der Waals surface area contributed by atoms with Crippen LogP contribution in [0, 0.1) is 0 Å². The van der Waals surface area contributed by atoms with Crippen molar-refractivity contribution in [3.8, 4) is 0 Å². The van der Waals surface area contributed by atoms with Crippen LogP contribution in [0.15, 0.2) is 66.6 Å². The van der Waals surface area contributed by atoms with Gasteiger partial charge in [-0.3, -0.25) is 0 Å². The van der Waals surface area contributed by atoms with Crippen LogP contribution in [0.2, 0.25) is 0 Å². The van der Waals surface area contributed by atoms with E-state index >= 15 is 0 Å². The van der Waals surface area contributed by atoms with Gasteiger partial charge in [-0.05, 0) is 24.3 Å². The number of hydrogen-bond acceptors (Lipinski definition) is 1. The first-order chi connectivity index (χ1) is 12.4. The first kappa shape index (κ1) is 16.3. The standard InChI is InChI=1S/C22H25N2S/c1-3-8-19(9-4-1)10-7-13-22-21(20-11-5-2-6-12-20)14-17-25(22)24-16-15-23-18-24/h1,3-4,7-10,14-18,20H,2,5-6,11-13H2/q+1. The Hall–Kier alpha value is -2.13. The molecule has 2 aromatic heterocycles. The molecule has 1 unspecified atom stereocenters. The Bertz CT molecular complexity index is 809. The van der Waals surface area contributed by atoms with Crippen LogP contribution in [-0.4, -0.2) is 8.96 Å². The van der Waals surface area contributed by atoms with Crippen LogP contribution in [0.1, 0.15) is 54.0 Å². The van der Waals surface area contributed by atoms with Crippen LogP contribution in [0.4, 0.5) is 0 Å². The quantitative estimate of drug-likeness (QED) is 0.498. The van der Waals surface area contributed by atoms with Gasteiger partial charge in [-0.1, -0.05) is 61.7 Å². The van der Waals surface area contributed by atoms with Crippen molar-refractivity contribution in [2.75, 3.05) is 0 Å². The lowest BCUT2D eigenvalue weighted by molar-refractivity contribution is 0.443. The molecule has 0 N–H and O–H groups in total. The first-order valence-electron chi connectivity index (χ1n) is 9.26. The highest BCUT2D eigenvalue weighted by atomic mass is 32.2. The summed E-state index contributed by atoms with van der Waals surface area (Å²) >= 11 is 0. The summed E-state index contributed by atoms with van der Waals surface area (Å²) in [7, 11) is 0.0150. The van der Waals surface area contributed by atoms with Gasteiger partial charge in [-0.25, -0.2) is 4.98 Å². The second kappa shape index (κ2) is 7.83. The minimum Gasteiger partial charge on any atom is -0.240 e. The summed E-state index contributed by atoms with van der Waals surface area (Å²) < 4.78 is 2.26. The third-order valence-electron chi connectivity index (χ3n) is 5.12. The maximum Gasteiger partial charge on any atom is 0.185 e. The highest BCUT2D eigenvalue weighted by Crippen LogP contribution is 2.41. The lowest BCUT2D eigenvalue weighted by Gasteiger charge is -2.20. The van der Waals surface area contributed by atoms with Gasteiger partial charge in [0.2, 0.25) is 0 Å². The second-order valence-corrected chi connectivity index (χ2v) is 8.59. The van der Waals surface area contributed by atoms with E-state index in [1.807, 2.05) is 12.5 Å². The van der Waals surface area contributed by atoms with Crippen molar-refractivity contribution >= 4 is 16.7 Å². The van der Waals surface area contributed by atoms with Crippen molar-refractivity contribution in [3.05, 3.63) is 82.6 Å². The number of hydrogen-bond donors (Lipinski definition) is 0. The van der Waals surface area contributed by atoms with Crippen molar-refractivity contribution < 1.29 is 0 Å². The molecule has 1 atom stereocenters. The van der Waals surface area contributed by atoms with Gasteiger partial charge < -0.3 is 0 Å². The average Bonchev–Trinajstić information content (AvgIpc) is 3.33. The van der Waals surface area contributed by atoms with Gasteiger partial charge in [0.25, 0.3) is 0 Å². The summed E-state index contributed by atoms with van der Waals surface area (Å²) in [4.78, 5) is 5.84. The summed E-state index contributed by atoms with van der Waals surface area (Å²) in [5.41, 5.74) is 2.88. The van der Waals surface area contributed by atoms with E-state index in [-0.39, 0.29) is 10.7 Å². The van der Waals surface area contributed by atoms with Gasteiger partial charge in [0.15, 0.2) is 10.3 Å². The molecule has 25 heavy (non-hydrogen) atoms. The highest BCUT2D eigenvalue weighted by molar-refractivity contribution is 7.28. The summed E-state index contributed by atoms with van der Waals surface area (Å²) in [6.07, 6.45) is 18.4. The normalized spacial score (nSPS) is 16.6. The highest BCUT2D eigenvalue weighted by Gasteiger charge is 2.27. The number of thiophene rings is 1. The van der Waals surface area contributed by atoms with Gasteiger partial charge >= 0.3 is 0 Å². The Morgan fingerprint density at radius 3 is 2.68 bits per heavy atom. The van der Waals surface area contributed by atoms with Crippen molar-refractivity contribution in [1.82, 2.24) is 8.96 Å². The Kier molecular flexibility index (Phi) is 5.12. The van der Waals surface area contributed by atoms with E-state index in [2.05, 4.69) is 69.1 Å². The van der Waals surface area contributed by atoms with Crippen LogP contribution in [-0.2, 0) is 6.42 Å². The molecule has 1 aliphatic carbocycles. The maximum atomic E-state index is 4.26. The van der Waals surface area contributed by atoms with Gasteiger partial charge in [-0.2, -0.15) is 0 Å². The number of benzene rings is 1. The smallest absolute Gasteiger partial charge is 0.185 e. The largest absolute Gasteiger partial charge is 0.240 e. The Balaban J connectivity index is 1.63. The molecule has 0 radical (unpaired) electrons. The molecule has 3 heteroatoms. The number of imidazole rings is 1. The Morgan fingerprint density at radius 2 is 1.92 bits per heavy atom. The molecule has 0 bridgehead atoms. The van der Waals surface area contributed by atoms with Crippen LogP contribution < -0.4 is 0 Å². The molecule has 4 rings (SSSR count). The zero-order valence-electron chi connectivity index (χ0n) is 14.6. The number of aromatic nitrogens is 2. The third-order valence-corrected chi connectivity index (χ3v) is 7.09. The monoisotopic (exact) mass is 349 g/mol. The van der Waals surface area contributed by atoms with Crippen LogP contribution in [0.3, 0.4) is 0 Å². The molecule has 2 heterocycles. The van der Waals surface area contributed by atoms with Crippen molar-refractivity contribution in [2.45, 2.75) is 44.4 Å². The van der Waals surface area contributed by atoms with E-state index in [0.717, 1.165) is 12.3 Å². The predicted molar refractivity (Wildman–Crippen MR) is 107 cm³/mol. The topological polar surface area (TPSA) is 17.8 Å². The Labute approximate surface area is 153 Å². The molecule has 0 amide bonds. The Morgan fingerprint density at radius 1 is 1.08 bits per heavy atom. The number of rotatable bonds is 5. The van der Waals surface area contributed by atoms with E-state index in [4.69, 9.17) is 0 Å². The van der Waals surface area contributed by atoms with Gasteiger partial charge in [0.1, 0.15) is 17.0 Å². The molecule has 0 saturated heterocycles. The fraction of sp³-hybridized carbons (Fsp3) is 0.318. The van der Waals surface area contributed by atoms with E-state index in [1.165, 1.54) is 37.7 Å². The maximum absolute atomic E-state index is 4.26. The third kappa shape index (κ3) is 3.77. The van der Waals surface area contributed by atoms with Gasteiger partial charge in [-0.15, -0.1) is 3.97 Å². The van der Waals surface area contributed by atoms with Crippen LogP contribution in [0.5, 0.6) is 0 Å². The lowest BCUT2D eigenvalue weighted by Crippen LogP contribution is -2.05. The van der Waals surface area contributed by atoms with E-state index < -0.39 is 0 Å². The van der Waals surface area contributed by atoms with Gasteiger partial charge in [0.05, 0.1) is 12.4 Å². The molecule has 1 saturated carbocycles. The van der Waals surface area contributed by atoms with E-state index in [9.17, 15) is 0 Å². The zero-order valence-corrected chi connectivity index (χ0v) is 15.4. The van der Waals surface area contributed by atoms with Crippen LogP contribution in [0.25, 0.3) is 6.08 Å². The van der Waals surface area contributed by atoms with Crippen molar-refractivity contribution in [2.24, 2.45) is 0 Å². The second-order valence-electron chi connectivity index (χ2n) is 6.77. The summed E-state index contributed by atoms with van der Waals surface area (Å²) in [6.45, 7) is 0. The molecule has 0 aliphatic heterocycles. The molecule has 128 valence electrons. The molecule has 0 spiro atoms. The fourth-order valence-electron chi connectivity index (χ4n) is 3.84. The lowest BCUT2D eigenvalue weighted by atomic mass is 9.84. The van der Waals surface area contributed by atoms with E-state index in [0.29, 0.717) is 0 Å². The molecule has 2 nitrogen and oxygen atoms in total. The average molecular weight is 350 g/mol. The number of allylic oxidation sites excluding steroid dienone is 1. The predicted octanol–water partition coefficient (Wildman–Crippen LogP) is 6.25. The summed E-state index contributed by atoms with van der Waals surface area (Å²) in [5.74, 6) is 0.756.